The summed E-state index contributed by atoms with van der Waals surface area (Å²) in [7, 11) is 0. The molecule has 2 fully saturated rings. The lowest BCUT2D eigenvalue weighted by molar-refractivity contribution is -0.123. The third kappa shape index (κ3) is 5.33. The van der Waals surface area contributed by atoms with Crippen LogP contribution in [0.25, 0.3) is 11.7 Å². The average molecular weight is 536 g/mol. The monoisotopic (exact) mass is 535 g/mol. The number of nitrogens with one attached hydrogen (secondary N) is 1. The number of anilines is 1. The summed E-state index contributed by atoms with van der Waals surface area (Å²) in [5.74, 6) is 0.258. The fourth-order valence-corrected chi connectivity index (χ4v) is 5.96. The number of aromatic nitrogens is 2. The van der Waals surface area contributed by atoms with E-state index in [1.165, 1.54) is 16.2 Å². The zero-order valence-corrected chi connectivity index (χ0v) is 22.5. The number of rotatable bonds is 7. The molecule has 1 N–H and O–H groups in total. The molecule has 0 bridgehead atoms. The van der Waals surface area contributed by atoms with Crippen LogP contribution in [0.5, 0.6) is 0 Å². The van der Waals surface area contributed by atoms with Gasteiger partial charge in [0.05, 0.1) is 29.7 Å². The van der Waals surface area contributed by atoms with Crippen LogP contribution in [0.1, 0.15) is 29.7 Å². The lowest BCUT2D eigenvalue weighted by atomic mass is 10.1. The first kappa shape index (κ1) is 25.6. The van der Waals surface area contributed by atoms with Crippen LogP contribution in [0.15, 0.2) is 58.4 Å². The molecule has 2 saturated heterocycles. The zero-order chi connectivity index (χ0) is 25.9. The second-order valence-electron chi connectivity index (χ2n) is 9.08. The fraction of sp³-hybridized carbons (Fsp3) is 0.333. The first-order valence-electron chi connectivity index (χ1n) is 12.3. The Balaban J connectivity index is 1.48. The van der Waals surface area contributed by atoms with Crippen LogP contribution in [-0.2, 0) is 9.53 Å². The summed E-state index contributed by atoms with van der Waals surface area (Å²) in [4.78, 5) is 36.2. The molecule has 8 nitrogen and oxygen atoms in total. The van der Waals surface area contributed by atoms with Crippen molar-refractivity contribution >= 4 is 51.7 Å². The molecule has 37 heavy (non-hydrogen) atoms. The van der Waals surface area contributed by atoms with Gasteiger partial charge in [-0.1, -0.05) is 60.4 Å². The van der Waals surface area contributed by atoms with Crippen LogP contribution in [-0.4, -0.2) is 68.8 Å². The van der Waals surface area contributed by atoms with Crippen molar-refractivity contribution < 1.29 is 9.53 Å². The van der Waals surface area contributed by atoms with Gasteiger partial charge in [0.25, 0.3) is 11.5 Å². The molecule has 1 aromatic carbocycles. The van der Waals surface area contributed by atoms with Gasteiger partial charge in [-0.25, -0.2) is 4.98 Å². The summed E-state index contributed by atoms with van der Waals surface area (Å²) in [5.41, 5.74) is 2.59. The number of fused-ring (bicyclic) bond motifs is 1. The van der Waals surface area contributed by atoms with Crippen molar-refractivity contribution in [3.8, 4) is 0 Å². The lowest BCUT2D eigenvalue weighted by Gasteiger charge is -2.26. The predicted octanol–water partition coefficient (Wildman–Crippen LogP) is 3.71. The number of morpholine rings is 1. The maximum Gasteiger partial charge on any atom is 0.267 e. The summed E-state index contributed by atoms with van der Waals surface area (Å²) in [6.45, 7) is 8.50. The first-order valence-corrected chi connectivity index (χ1v) is 13.5. The SMILES string of the molecule is Cc1cccn2c(=O)c(/C=C3\SC(=S)N([C@@H](C)c4ccccc4)C3=O)c(NCCN3CCOCC3)nc12. The molecule has 0 aliphatic carbocycles. The minimum atomic E-state index is -0.232. The standard InChI is InChI=1S/C27H29N5O3S2/c1-18-7-6-11-31-24(18)29-23(28-10-12-30-13-15-35-16-14-30)21(25(31)33)17-22-26(34)32(27(36)37-22)19(2)20-8-4-3-5-9-20/h3-9,11,17,19,28H,10,12-16H2,1-2H3/b22-17-/t19-/m0/s1. The molecule has 4 heterocycles. The third-order valence-electron chi connectivity index (χ3n) is 6.68. The molecule has 1 amide bonds. The second kappa shape index (κ2) is 11.1. The number of thioether (sulfide) groups is 1. The molecule has 2 aromatic heterocycles. The molecular formula is C27H29N5O3S2. The number of pyridine rings is 1. The number of aryl methyl sites for hydroxylation is 1. The number of hydrogen-bond donors (Lipinski definition) is 1. The van der Waals surface area contributed by atoms with Gasteiger partial charge in [-0.3, -0.25) is 23.8 Å². The van der Waals surface area contributed by atoms with Gasteiger partial charge in [-0.15, -0.1) is 0 Å². The summed E-state index contributed by atoms with van der Waals surface area (Å²) >= 11 is 6.80. The highest BCUT2D eigenvalue weighted by molar-refractivity contribution is 8.26. The van der Waals surface area contributed by atoms with E-state index in [1.807, 2.05) is 56.3 Å². The van der Waals surface area contributed by atoms with Crippen LogP contribution in [0.3, 0.4) is 0 Å². The molecule has 2 aliphatic heterocycles. The molecular weight excluding hydrogens is 506 g/mol. The van der Waals surface area contributed by atoms with E-state index in [1.54, 1.807) is 17.2 Å². The van der Waals surface area contributed by atoms with Crippen LogP contribution in [0.4, 0.5) is 5.82 Å². The van der Waals surface area contributed by atoms with Crippen molar-refractivity contribution in [3.63, 3.8) is 0 Å². The summed E-state index contributed by atoms with van der Waals surface area (Å²) in [6, 6.07) is 13.3. The maximum absolute atomic E-state index is 13.6. The van der Waals surface area contributed by atoms with Gasteiger partial charge >= 0.3 is 0 Å². The van der Waals surface area contributed by atoms with Crippen LogP contribution in [0.2, 0.25) is 0 Å². The van der Waals surface area contributed by atoms with E-state index in [-0.39, 0.29) is 17.5 Å². The van der Waals surface area contributed by atoms with Crippen molar-refractivity contribution in [1.29, 1.82) is 0 Å². The molecule has 10 heteroatoms. The van der Waals surface area contributed by atoms with Gasteiger partial charge in [0, 0.05) is 32.4 Å². The van der Waals surface area contributed by atoms with Gasteiger partial charge in [0.1, 0.15) is 15.8 Å². The highest BCUT2D eigenvalue weighted by atomic mass is 32.2. The number of amides is 1. The minimum absolute atomic E-state index is 0.209. The Kier molecular flexibility index (Phi) is 7.71. The van der Waals surface area contributed by atoms with E-state index in [0.29, 0.717) is 32.8 Å². The van der Waals surface area contributed by atoms with Gasteiger partial charge in [0.2, 0.25) is 0 Å². The van der Waals surface area contributed by atoms with E-state index < -0.39 is 0 Å². The molecule has 0 unspecified atom stereocenters. The Morgan fingerprint density at radius 3 is 2.68 bits per heavy atom. The Morgan fingerprint density at radius 1 is 1.16 bits per heavy atom. The Morgan fingerprint density at radius 2 is 1.92 bits per heavy atom. The first-order chi connectivity index (χ1) is 17.9. The van der Waals surface area contributed by atoms with Crippen molar-refractivity contribution in [2.75, 3.05) is 44.7 Å². The van der Waals surface area contributed by atoms with Crippen molar-refractivity contribution in [3.05, 3.63) is 80.6 Å². The topological polar surface area (TPSA) is 79.2 Å². The van der Waals surface area contributed by atoms with Gasteiger partial charge in [0.15, 0.2) is 0 Å². The molecule has 192 valence electrons. The number of benzene rings is 1. The van der Waals surface area contributed by atoms with Gasteiger partial charge in [-0.2, -0.15) is 0 Å². The highest BCUT2D eigenvalue weighted by Crippen LogP contribution is 2.38. The van der Waals surface area contributed by atoms with Crippen molar-refractivity contribution in [2.24, 2.45) is 0 Å². The molecule has 0 saturated carbocycles. The van der Waals surface area contributed by atoms with E-state index in [2.05, 4.69) is 10.2 Å². The number of carbonyl (C=O) groups excluding carboxylic acids is 1. The number of ether oxygens (including phenoxy) is 1. The van der Waals surface area contributed by atoms with E-state index in [9.17, 15) is 9.59 Å². The molecule has 0 radical (unpaired) electrons. The van der Waals surface area contributed by atoms with E-state index in [0.717, 1.165) is 44.0 Å². The number of carbonyl (C=O) groups is 1. The Hall–Kier alpha value is -3.05. The number of thiocarbonyl (C=S) groups is 1. The third-order valence-corrected chi connectivity index (χ3v) is 8.01. The second-order valence-corrected chi connectivity index (χ2v) is 10.8. The van der Waals surface area contributed by atoms with Crippen LogP contribution >= 0.6 is 24.0 Å². The van der Waals surface area contributed by atoms with E-state index >= 15 is 0 Å². The molecule has 3 aromatic rings. The van der Waals surface area contributed by atoms with Gasteiger partial charge in [-0.05, 0) is 37.1 Å². The van der Waals surface area contributed by atoms with Crippen LogP contribution in [0, 0.1) is 6.92 Å². The minimum Gasteiger partial charge on any atom is -0.379 e. The predicted molar refractivity (Wildman–Crippen MR) is 152 cm³/mol. The Labute approximate surface area is 225 Å². The maximum atomic E-state index is 13.6. The summed E-state index contributed by atoms with van der Waals surface area (Å²) in [6.07, 6.45) is 3.34. The summed E-state index contributed by atoms with van der Waals surface area (Å²) < 4.78 is 7.43. The van der Waals surface area contributed by atoms with Crippen molar-refractivity contribution in [1.82, 2.24) is 19.2 Å². The molecule has 2 aliphatic rings. The largest absolute Gasteiger partial charge is 0.379 e. The lowest BCUT2D eigenvalue weighted by Crippen LogP contribution is -2.39. The van der Waals surface area contributed by atoms with Gasteiger partial charge < -0.3 is 10.1 Å². The van der Waals surface area contributed by atoms with Crippen molar-refractivity contribution in [2.45, 2.75) is 19.9 Å². The smallest absolute Gasteiger partial charge is 0.267 e. The average Bonchev–Trinajstić information content (AvgIpc) is 3.19. The highest BCUT2D eigenvalue weighted by Gasteiger charge is 2.36. The number of nitrogens with zero attached hydrogens (tertiary/aromatic N) is 4. The summed E-state index contributed by atoms with van der Waals surface area (Å²) in [5, 5.41) is 3.36. The molecule has 5 rings (SSSR count). The number of hydrogen-bond acceptors (Lipinski definition) is 8. The van der Waals surface area contributed by atoms with E-state index in [4.69, 9.17) is 21.9 Å². The fourth-order valence-electron chi connectivity index (χ4n) is 4.56. The normalized spacial score (nSPS) is 18.6. The Bertz CT molecular complexity index is 1420. The van der Waals surface area contributed by atoms with Crippen LogP contribution < -0.4 is 10.9 Å². The quantitative estimate of drug-likeness (QED) is 0.362. The zero-order valence-electron chi connectivity index (χ0n) is 20.8. The molecule has 0 spiro atoms. The molecule has 1 atom stereocenters.